The maximum absolute atomic E-state index is 13.7. The van der Waals surface area contributed by atoms with Gasteiger partial charge >= 0.3 is 0 Å². The van der Waals surface area contributed by atoms with Crippen molar-refractivity contribution in [3.63, 3.8) is 0 Å². The molecule has 1 aliphatic heterocycles. The SMILES string of the molecule is Cc1csc2ccc3c(c12)[C@H](CCl)CN3C(=O)c1cc2cc(NC(=O)c3cc4c([nH]3)CCC=C4)ccc2[nH]1. The molecule has 0 saturated heterocycles. The monoisotopic (exact) mass is 540 g/mol. The predicted octanol–water partition coefficient (Wildman–Crippen LogP) is 7.21. The van der Waals surface area contributed by atoms with E-state index in [2.05, 4.69) is 45.8 Å². The molecule has 0 spiro atoms. The summed E-state index contributed by atoms with van der Waals surface area (Å²) in [5.74, 6) is 0.279. The Morgan fingerprint density at radius 2 is 2.03 bits per heavy atom. The fraction of sp³-hybridized carbons (Fsp3) is 0.200. The average molecular weight is 541 g/mol. The van der Waals surface area contributed by atoms with Gasteiger partial charge in [0.05, 0.1) is 0 Å². The standard InChI is InChI=1S/C30H25ClN4O2S/c1-16-15-38-26-9-8-25-28(27(16)26)19(13-31)14-35(25)30(37)24-12-18-10-20(6-7-22(18)34-24)32-29(36)23-11-17-4-2-3-5-21(17)33-23/h2,4,6-12,15,19,33-34H,3,5,13-14H2,1H3,(H,32,36)/t19-/m1/s1. The maximum atomic E-state index is 13.7. The Labute approximate surface area is 228 Å². The number of hydrogen-bond donors (Lipinski definition) is 3. The summed E-state index contributed by atoms with van der Waals surface area (Å²) in [6.45, 7) is 2.67. The van der Waals surface area contributed by atoms with Crippen LogP contribution in [0.3, 0.4) is 0 Å². The van der Waals surface area contributed by atoms with Gasteiger partial charge in [-0.1, -0.05) is 12.2 Å². The van der Waals surface area contributed by atoms with Crippen LogP contribution >= 0.6 is 22.9 Å². The van der Waals surface area contributed by atoms with E-state index in [1.165, 1.54) is 21.2 Å². The van der Waals surface area contributed by atoms with E-state index in [1.807, 2.05) is 41.3 Å². The number of carbonyl (C=O) groups excluding carboxylic acids is 2. The Hall–Kier alpha value is -3.81. The number of hydrogen-bond acceptors (Lipinski definition) is 3. The van der Waals surface area contributed by atoms with Crippen LogP contribution in [-0.2, 0) is 6.42 Å². The van der Waals surface area contributed by atoms with Crippen molar-refractivity contribution >= 4 is 73.2 Å². The number of alkyl halides is 1. The molecule has 190 valence electrons. The molecule has 1 atom stereocenters. The summed E-state index contributed by atoms with van der Waals surface area (Å²) in [6, 6.07) is 13.5. The molecule has 3 N–H and O–H groups in total. The minimum absolute atomic E-state index is 0.0853. The van der Waals surface area contributed by atoms with Crippen LogP contribution in [0.1, 0.15) is 55.7 Å². The second-order valence-corrected chi connectivity index (χ2v) is 11.3. The third kappa shape index (κ3) is 3.68. The normalized spacial score (nSPS) is 16.3. The Morgan fingerprint density at radius 1 is 1.13 bits per heavy atom. The molecular weight excluding hydrogens is 516 g/mol. The van der Waals surface area contributed by atoms with Gasteiger partial charge in [0, 0.05) is 56.4 Å². The molecule has 0 bridgehead atoms. The highest BCUT2D eigenvalue weighted by Gasteiger charge is 2.35. The summed E-state index contributed by atoms with van der Waals surface area (Å²) in [6.07, 6.45) is 6.06. The van der Waals surface area contributed by atoms with Gasteiger partial charge in [-0.05, 0) is 84.3 Å². The largest absolute Gasteiger partial charge is 0.354 e. The summed E-state index contributed by atoms with van der Waals surface area (Å²) < 4.78 is 1.22. The number of rotatable bonds is 4. The topological polar surface area (TPSA) is 81.0 Å². The second kappa shape index (κ2) is 8.89. The molecule has 0 unspecified atom stereocenters. The lowest BCUT2D eigenvalue weighted by Gasteiger charge is -2.17. The first kappa shape index (κ1) is 23.3. The molecule has 4 heterocycles. The Bertz CT molecular complexity index is 1790. The third-order valence-corrected chi connectivity index (χ3v) is 9.06. The van der Waals surface area contributed by atoms with Crippen LogP contribution in [0.25, 0.3) is 27.1 Å². The summed E-state index contributed by atoms with van der Waals surface area (Å²) in [5.41, 5.74) is 8.06. The zero-order chi connectivity index (χ0) is 26.0. The molecule has 8 heteroatoms. The number of aromatic nitrogens is 2. The third-order valence-electron chi connectivity index (χ3n) is 7.62. The van der Waals surface area contributed by atoms with Gasteiger partial charge in [0.1, 0.15) is 11.4 Å². The van der Waals surface area contributed by atoms with Crippen molar-refractivity contribution in [3.8, 4) is 0 Å². The Balaban J connectivity index is 1.16. The highest BCUT2D eigenvalue weighted by molar-refractivity contribution is 7.17. The molecule has 0 radical (unpaired) electrons. The van der Waals surface area contributed by atoms with E-state index >= 15 is 0 Å². The quantitative estimate of drug-likeness (QED) is 0.210. The summed E-state index contributed by atoms with van der Waals surface area (Å²) in [5, 5.41) is 7.23. The van der Waals surface area contributed by atoms with Gasteiger partial charge in [-0.15, -0.1) is 22.9 Å². The lowest BCUT2D eigenvalue weighted by molar-refractivity contribution is 0.0982. The van der Waals surface area contributed by atoms with Gasteiger partial charge in [-0.3, -0.25) is 9.59 Å². The van der Waals surface area contributed by atoms with Crippen molar-refractivity contribution in [1.82, 2.24) is 9.97 Å². The summed E-state index contributed by atoms with van der Waals surface area (Å²) in [4.78, 5) is 35.0. The number of thiophene rings is 1. The minimum atomic E-state index is -0.185. The molecule has 3 aromatic heterocycles. The average Bonchev–Trinajstić information content (AvgIpc) is 3.70. The van der Waals surface area contributed by atoms with Gasteiger partial charge in [-0.2, -0.15) is 0 Å². The molecular formula is C30H25ClN4O2S. The molecule has 0 fully saturated rings. The van der Waals surface area contributed by atoms with E-state index in [9.17, 15) is 9.59 Å². The van der Waals surface area contributed by atoms with E-state index in [1.54, 1.807) is 11.3 Å². The first-order chi connectivity index (χ1) is 18.5. The molecule has 1 aliphatic carbocycles. The number of aromatic amines is 2. The lowest BCUT2D eigenvalue weighted by atomic mass is 9.97. The first-order valence-corrected chi connectivity index (χ1v) is 14.1. The number of carbonyl (C=O) groups is 2. The zero-order valence-corrected chi connectivity index (χ0v) is 22.3. The van der Waals surface area contributed by atoms with Crippen LogP contribution in [0, 0.1) is 6.92 Å². The van der Waals surface area contributed by atoms with Gasteiger partial charge in [0.25, 0.3) is 11.8 Å². The van der Waals surface area contributed by atoms with Crippen LogP contribution < -0.4 is 10.2 Å². The molecule has 2 aliphatic rings. The zero-order valence-electron chi connectivity index (χ0n) is 20.7. The van der Waals surface area contributed by atoms with E-state index in [0.717, 1.165) is 40.7 Å². The van der Waals surface area contributed by atoms with E-state index in [0.29, 0.717) is 29.5 Å². The molecule has 38 heavy (non-hydrogen) atoms. The van der Waals surface area contributed by atoms with Gasteiger partial charge < -0.3 is 20.2 Å². The first-order valence-electron chi connectivity index (χ1n) is 12.7. The maximum Gasteiger partial charge on any atom is 0.274 e. The highest BCUT2D eigenvalue weighted by Crippen LogP contribution is 2.45. The lowest BCUT2D eigenvalue weighted by Crippen LogP contribution is -2.30. The fourth-order valence-corrected chi connectivity index (χ4v) is 6.99. The second-order valence-electron chi connectivity index (χ2n) is 10.1. The molecule has 0 saturated carbocycles. The fourth-order valence-electron chi connectivity index (χ4n) is 5.78. The molecule has 6 nitrogen and oxygen atoms in total. The van der Waals surface area contributed by atoms with Gasteiger partial charge in [-0.25, -0.2) is 0 Å². The van der Waals surface area contributed by atoms with Crippen molar-refractivity contribution in [2.75, 3.05) is 22.6 Å². The van der Waals surface area contributed by atoms with Gasteiger partial charge in [0.15, 0.2) is 0 Å². The van der Waals surface area contributed by atoms with E-state index in [-0.39, 0.29) is 17.7 Å². The van der Waals surface area contributed by atoms with Gasteiger partial charge in [0.2, 0.25) is 0 Å². The Kier molecular flexibility index (Phi) is 5.46. The number of allylic oxidation sites excluding steroid dienone is 1. The number of nitrogens with zero attached hydrogens (tertiary/aromatic N) is 1. The number of fused-ring (bicyclic) bond motifs is 5. The van der Waals surface area contributed by atoms with E-state index in [4.69, 9.17) is 11.6 Å². The number of amides is 2. The Morgan fingerprint density at radius 3 is 2.87 bits per heavy atom. The van der Waals surface area contributed by atoms with Crippen molar-refractivity contribution in [1.29, 1.82) is 0 Å². The summed E-state index contributed by atoms with van der Waals surface area (Å²) in [7, 11) is 0. The summed E-state index contributed by atoms with van der Waals surface area (Å²) >= 11 is 8.11. The smallest absolute Gasteiger partial charge is 0.274 e. The van der Waals surface area contributed by atoms with Crippen LogP contribution in [0.4, 0.5) is 11.4 Å². The minimum Gasteiger partial charge on any atom is -0.354 e. The van der Waals surface area contributed by atoms with Crippen LogP contribution in [0.5, 0.6) is 0 Å². The number of nitrogens with one attached hydrogen (secondary N) is 3. The number of H-pyrrole nitrogens is 2. The van der Waals surface area contributed by atoms with Crippen LogP contribution in [-0.4, -0.2) is 34.2 Å². The molecule has 2 amide bonds. The van der Waals surface area contributed by atoms with Crippen molar-refractivity contribution in [2.45, 2.75) is 25.7 Å². The molecule has 7 rings (SSSR count). The van der Waals surface area contributed by atoms with Crippen LogP contribution in [0.15, 0.2) is 53.9 Å². The highest BCUT2D eigenvalue weighted by atomic mass is 35.5. The molecule has 5 aromatic rings. The molecule has 2 aromatic carbocycles. The van der Waals surface area contributed by atoms with Crippen LogP contribution in [0.2, 0.25) is 0 Å². The van der Waals surface area contributed by atoms with Crippen molar-refractivity contribution in [3.05, 3.63) is 87.7 Å². The number of benzene rings is 2. The number of anilines is 2. The predicted molar refractivity (Wildman–Crippen MR) is 156 cm³/mol. The number of aryl methyl sites for hydroxylation is 2. The van der Waals surface area contributed by atoms with E-state index < -0.39 is 0 Å². The number of halogens is 1. The van der Waals surface area contributed by atoms with Crippen molar-refractivity contribution in [2.24, 2.45) is 0 Å². The van der Waals surface area contributed by atoms with Crippen molar-refractivity contribution < 1.29 is 9.59 Å².